The summed E-state index contributed by atoms with van der Waals surface area (Å²) in [6.45, 7) is 0. The molecule has 0 bridgehead atoms. The van der Waals surface area contributed by atoms with E-state index in [-0.39, 0.29) is 0 Å². The zero-order valence-electron chi connectivity index (χ0n) is 14.1. The Morgan fingerprint density at radius 3 is 1.73 bits per heavy atom. The Hall–Kier alpha value is -3.03. The van der Waals surface area contributed by atoms with Gasteiger partial charge in [-0.15, -0.1) is 0 Å². The van der Waals surface area contributed by atoms with E-state index in [1.54, 1.807) is 0 Å². The molecule has 0 unspecified atom stereocenters. The van der Waals surface area contributed by atoms with E-state index >= 15 is 0 Å². The Bertz CT molecular complexity index is 1180. The van der Waals surface area contributed by atoms with Crippen LogP contribution in [0.15, 0.2) is 97.1 Å². The van der Waals surface area contributed by atoms with Crippen molar-refractivity contribution in [2.45, 2.75) is 0 Å². The molecule has 5 rings (SSSR count). The van der Waals surface area contributed by atoms with Gasteiger partial charge in [-0.05, 0) is 35.4 Å². The van der Waals surface area contributed by atoms with Gasteiger partial charge in [-0.3, -0.25) is 0 Å². The van der Waals surface area contributed by atoms with Crippen molar-refractivity contribution in [2.75, 3.05) is 0 Å². The molecule has 0 atom stereocenters. The van der Waals surface area contributed by atoms with Gasteiger partial charge < -0.3 is 4.57 Å². The summed E-state index contributed by atoms with van der Waals surface area (Å²) in [5, 5.41) is 3.23. The molecular formula is C24H16ClN. The Morgan fingerprint density at radius 1 is 0.538 bits per heavy atom. The Kier molecular flexibility index (Phi) is 3.55. The van der Waals surface area contributed by atoms with Crippen LogP contribution < -0.4 is 0 Å². The van der Waals surface area contributed by atoms with Crippen LogP contribution in [0, 0.1) is 0 Å². The van der Waals surface area contributed by atoms with Crippen LogP contribution in [0.2, 0.25) is 5.02 Å². The SMILES string of the molecule is Clc1cc(-c2ccccc2)ccc1-n1c2ccccc2c2ccccc21. The highest BCUT2D eigenvalue weighted by atomic mass is 35.5. The van der Waals surface area contributed by atoms with Crippen molar-refractivity contribution < 1.29 is 0 Å². The minimum atomic E-state index is 0.748. The minimum absolute atomic E-state index is 0.748. The van der Waals surface area contributed by atoms with E-state index in [1.165, 1.54) is 27.4 Å². The molecule has 0 aliphatic carbocycles. The van der Waals surface area contributed by atoms with E-state index in [2.05, 4.69) is 83.4 Å². The molecule has 26 heavy (non-hydrogen) atoms. The molecule has 0 fully saturated rings. The van der Waals surface area contributed by atoms with E-state index in [9.17, 15) is 0 Å². The molecule has 124 valence electrons. The predicted molar refractivity (Wildman–Crippen MR) is 111 cm³/mol. The average molecular weight is 354 g/mol. The summed E-state index contributed by atoms with van der Waals surface area (Å²) >= 11 is 6.75. The number of fused-ring (bicyclic) bond motifs is 3. The third kappa shape index (κ3) is 2.33. The number of hydrogen-bond acceptors (Lipinski definition) is 0. The maximum absolute atomic E-state index is 6.75. The van der Waals surface area contributed by atoms with Gasteiger partial charge in [0, 0.05) is 10.8 Å². The van der Waals surface area contributed by atoms with Crippen molar-refractivity contribution in [1.82, 2.24) is 4.57 Å². The van der Waals surface area contributed by atoms with Crippen molar-refractivity contribution in [3.05, 3.63) is 102 Å². The standard InChI is InChI=1S/C24H16ClN/c25-21-16-18(17-8-2-1-3-9-17)14-15-24(21)26-22-12-6-4-10-19(22)20-11-5-7-13-23(20)26/h1-16H. The second kappa shape index (κ2) is 6.05. The zero-order chi connectivity index (χ0) is 17.5. The van der Waals surface area contributed by atoms with Gasteiger partial charge in [-0.1, -0.05) is 84.4 Å². The van der Waals surface area contributed by atoms with Gasteiger partial charge in [0.25, 0.3) is 0 Å². The molecule has 0 aliphatic heterocycles. The number of benzene rings is 4. The number of nitrogens with zero attached hydrogens (tertiary/aromatic N) is 1. The molecule has 1 heterocycles. The van der Waals surface area contributed by atoms with Gasteiger partial charge >= 0.3 is 0 Å². The predicted octanol–water partition coefficient (Wildman–Crippen LogP) is 7.10. The Morgan fingerprint density at radius 2 is 1.12 bits per heavy atom. The highest BCUT2D eigenvalue weighted by Crippen LogP contribution is 2.35. The van der Waals surface area contributed by atoms with E-state index in [1.807, 2.05) is 18.2 Å². The monoisotopic (exact) mass is 353 g/mol. The molecule has 0 amide bonds. The number of hydrogen-bond donors (Lipinski definition) is 0. The molecule has 1 aromatic heterocycles. The van der Waals surface area contributed by atoms with Crippen molar-refractivity contribution in [3.63, 3.8) is 0 Å². The molecule has 5 aromatic rings. The van der Waals surface area contributed by atoms with Crippen molar-refractivity contribution >= 4 is 33.4 Å². The highest BCUT2D eigenvalue weighted by molar-refractivity contribution is 6.33. The summed E-state index contributed by atoms with van der Waals surface area (Å²) in [7, 11) is 0. The van der Waals surface area contributed by atoms with E-state index in [4.69, 9.17) is 11.6 Å². The molecule has 0 spiro atoms. The van der Waals surface area contributed by atoms with Gasteiger partial charge in [0.1, 0.15) is 0 Å². The second-order valence-electron chi connectivity index (χ2n) is 6.40. The van der Waals surface area contributed by atoms with Gasteiger partial charge in [-0.2, -0.15) is 0 Å². The van der Waals surface area contributed by atoms with Gasteiger partial charge in [0.15, 0.2) is 0 Å². The van der Waals surface area contributed by atoms with Crippen LogP contribution in [-0.4, -0.2) is 4.57 Å². The maximum Gasteiger partial charge on any atom is 0.0652 e. The fourth-order valence-corrected chi connectivity index (χ4v) is 3.95. The lowest BCUT2D eigenvalue weighted by atomic mass is 10.1. The van der Waals surface area contributed by atoms with Crippen LogP contribution in [-0.2, 0) is 0 Å². The molecule has 0 aliphatic rings. The number of aromatic nitrogens is 1. The van der Waals surface area contributed by atoms with E-state index in [0.717, 1.165) is 16.3 Å². The molecule has 1 nitrogen and oxygen atoms in total. The van der Waals surface area contributed by atoms with Gasteiger partial charge in [-0.25, -0.2) is 0 Å². The largest absolute Gasteiger partial charge is 0.308 e. The maximum atomic E-state index is 6.75. The van der Waals surface area contributed by atoms with E-state index in [0.29, 0.717) is 0 Å². The van der Waals surface area contributed by atoms with Crippen LogP contribution in [0.25, 0.3) is 38.6 Å². The number of rotatable bonds is 2. The first-order valence-corrected chi connectivity index (χ1v) is 9.04. The minimum Gasteiger partial charge on any atom is -0.308 e. The zero-order valence-corrected chi connectivity index (χ0v) is 14.8. The topological polar surface area (TPSA) is 4.93 Å². The third-order valence-electron chi connectivity index (χ3n) is 4.88. The lowest BCUT2D eigenvalue weighted by Crippen LogP contribution is -1.95. The lowest BCUT2D eigenvalue weighted by Gasteiger charge is -2.12. The quantitative estimate of drug-likeness (QED) is 0.319. The summed E-state index contributed by atoms with van der Waals surface area (Å²) in [4.78, 5) is 0. The average Bonchev–Trinajstić information content (AvgIpc) is 3.03. The molecule has 4 aromatic carbocycles. The summed E-state index contributed by atoms with van der Waals surface area (Å²) in [6.07, 6.45) is 0. The first-order valence-electron chi connectivity index (χ1n) is 8.66. The number of halogens is 1. The first-order chi connectivity index (χ1) is 12.8. The molecule has 0 saturated carbocycles. The molecule has 0 saturated heterocycles. The Labute approximate surface area is 157 Å². The van der Waals surface area contributed by atoms with E-state index < -0.39 is 0 Å². The highest BCUT2D eigenvalue weighted by Gasteiger charge is 2.14. The van der Waals surface area contributed by atoms with Crippen LogP contribution in [0.5, 0.6) is 0 Å². The fraction of sp³-hybridized carbons (Fsp3) is 0. The summed E-state index contributed by atoms with van der Waals surface area (Å²) in [6, 6.07) is 33.6. The molecule has 0 radical (unpaired) electrons. The molecule has 0 N–H and O–H groups in total. The van der Waals surface area contributed by atoms with Crippen molar-refractivity contribution in [2.24, 2.45) is 0 Å². The summed E-state index contributed by atoms with van der Waals surface area (Å²) in [5.41, 5.74) is 5.64. The first kappa shape index (κ1) is 15.2. The summed E-state index contributed by atoms with van der Waals surface area (Å²) in [5.74, 6) is 0. The van der Waals surface area contributed by atoms with Crippen molar-refractivity contribution in [3.8, 4) is 16.8 Å². The molecular weight excluding hydrogens is 338 g/mol. The van der Waals surface area contributed by atoms with Crippen LogP contribution >= 0.6 is 11.6 Å². The smallest absolute Gasteiger partial charge is 0.0652 e. The Balaban J connectivity index is 1.78. The normalized spacial score (nSPS) is 11.3. The van der Waals surface area contributed by atoms with Gasteiger partial charge in [0.05, 0.1) is 21.7 Å². The second-order valence-corrected chi connectivity index (χ2v) is 6.81. The van der Waals surface area contributed by atoms with Gasteiger partial charge in [0.2, 0.25) is 0 Å². The van der Waals surface area contributed by atoms with Crippen LogP contribution in [0.1, 0.15) is 0 Å². The lowest BCUT2D eigenvalue weighted by molar-refractivity contribution is 1.18. The fourth-order valence-electron chi connectivity index (χ4n) is 3.68. The third-order valence-corrected chi connectivity index (χ3v) is 5.18. The van der Waals surface area contributed by atoms with Crippen molar-refractivity contribution in [1.29, 1.82) is 0 Å². The van der Waals surface area contributed by atoms with Crippen LogP contribution in [0.4, 0.5) is 0 Å². The summed E-state index contributed by atoms with van der Waals surface area (Å²) < 4.78 is 2.25. The molecule has 2 heteroatoms. The number of para-hydroxylation sites is 2. The van der Waals surface area contributed by atoms with Crippen LogP contribution in [0.3, 0.4) is 0 Å².